The number of nitrogens with one attached hydrogen (secondary N) is 1. The lowest BCUT2D eigenvalue weighted by atomic mass is 10.1. The summed E-state index contributed by atoms with van der Waals surface area (Å²) in [6.45, 7) is 5.30. The van der Waals surface area contributed by atoms with E-state index in [9.17, 15) is 18.4 Å². The van der Waals surface area contributed by atoms with Gasteiger partial charge in [-0.05, 0) is 44.4 Å². The molecule has 160 valence electrons. The van der Waals surface area contributed by atoms with Crippen molar-refractivity contribution >= 4 is 33.8 Å². The van der Waals surface area contributed by atoms with Crippen molar-refractivity contribution < 1.29 is 13.6 Å². The van der Waals surface area contributed by atoms with Crippen molar-refractivity contribution in [1.29, 1.82) is 0 Å². The predicted molar refractivity (Wildman–Crippen MR) is 115 cm³/mol. The number of carbonyl (C=O) groups is 1. The Bertz CT molecular complexity index is 1340. The van der Waals surface area contributed by atoms with Crippen molar-refractivity contribution in [3.05, 3.63) is 63.9 Å². The summed E-state index contributed by atoms with van der Waals surface area (Å²) in [5, 5.41) is 13.6. The number of anilines is 1. The van der Waals surface area contributed by atoms with E-state index in [1.807, 2.05) is 38.3 Å². The third-order valence-electron chi connectivity index (χ3n) is 4.57. The summed E-state index contributed by atoms with van der Waals surface area (Å²) >= 11 is 1.45. The number of halogens is 2. The van der Waals surface area contributed by atoms with Gasteiger partial charge in [0.05, 0.1) is 27.7 Å². The highest BCUT2D eigenvalue weighted by atomic mass is 32.1. The largest absolute Gasteiger partial charge is 0.322 e. The van der Waals surface area contributed by atoms with E-state index in [1.165, 1.54) is 11.3 Å². The second-order valence-corrected chi connectivity index (χ2v) is 8.90. The van der Waals surface area contributed by atoms with Crippen molar-refractivity contribution in [2.24, 2.45) is 0 Å². The van der Waals surface area contributed by atoms with E-state index in [-0.39, 0.29) is 5.69 Å². The van der Waals surface area contributed by atoms with Crippen LogP contribution in [0, 0.1) is 11.6 Å². The van der Waals surface area contributed by atoms with E-state index >= 15 is 0 Å². The van der Waals surface area contributed by atoms with Crippen molar-refractivity contribution in [3.8, 4) is 10.6 Å². The molecular formula is C21H19F2N5O2S. The van der Waals surface area contributed by atoms with Crippen molar-refractivity contribution in [3.63, 3.8) is 0 Å². The molecular weight excluding hydrogens is 424 g/mol. The summed E-state index contributed by atoms with van der Waals surface area (Å²) in [7, 11) is 0. The predicted octanol–water partition coefficient (Wildman–Crippen LogP) is 3.99. The molecule has 0 aliphatic heterocycles. The number of amides is 1. The number of fused-ring (bicyclic) bond motifs is 1. The van der Waals surface area contributed by atoms with E-state index in [1.54, 1.807) is 10.9 Å². The average Bonchev–Trinajstić information content (AvgIpc) is 3.36. The first-order valence-corrected chi connectivity index (χ1v) is 10.3. The highest BCUT2D eigenvalue weighted by Crippen LogP contribution is 2.30. The molecule has 0 aliphatic rings. The van der Waals surface area contributed by atoms with Crippen LogP contribution in [0.3, 0.4) is 0 Å². The fourth-order valence-corrected chi connectivity index (χ4v) is 3.92. The molecule has 0 unspecified atom stereocenters. The summed E-state index contributed by atoms with van der Waals surface area (Å²) in [5.41, 5.74) is -0.296. The second-order valence-electron chi connectivity index (χ2n) is 7.95. The molecule has 0 aliphatic carbocycles. The Balaban J connectivity index is 1.79. The minimum absolute atomic E-state index is 0.182. The molecule has 0 atom stereocenters. The molecule has 3 aromatic heterocycles. The summed E-state index contributed by atoms with van der Waals surface area (Å²) in [6, 6.07) is 6.55. The average molecular weight is 443 g/mol. The summed E-state index contributed by atoms with van der Waals surface area (Å²) in [4.78, 5) is 26.6. The minimum atomic E-state index is -0.908. The van der Waals surface area contributed by atoms with Crippen LogP contribution < -0.4 is 10.9 Å². The zero-order chi connectivity index (χ0) is 22.3. The lowest BCUT2D eigenvalue weighted by molar-refractivity contribution is -0.117. The van der Waals surface area contributed by atoms with Crippen LogP contribution >= 0.6 is 11.3 Å². The Kier molecular flexibility index (Phi) is 5.18. The smallest absolute Gasteiger partial charge is 0.293 e. The number of thiophene rings is 1. The van der Waals surface area contributed by atoms with Gasteiger partial charge in [0.2, 0.25) is 5.91 Å². The monoisotopic (exact) mass is 443 g/mol. The Morgan fingerprint density at radius 3 is 2.65 bits per heavy atom. The highest BCUT2D eigenvalue weighted by Gasteiger charge is 2.24. The summed E-state index contributed by atoms with van der Waals surface area (Å²) in [5.74, 6) is -2.33. The molecule has 7 nitrogen and oxygen atoms in total. The molecule has 0 saturated heterocycles. The Morgan fingerprint density at radius 1 is 1.23 bits per heavy atom. The fraction of sp³-hybridized carbons (Fsp3) is 0.238. The molecule has 0 bridgehead atoms. The van der Waals surface area contributed by atoms with Gasteiger partial charge in [0.25, 0.3) is 5.56 Å². The maximum Gasteiger partial charge on any atom is 0.293 e. The summed E-state index contributed by atoms with van der Waals surface area (Å²) in [6.07, 6.45) is 1.60. The number of hydrogen-bond donors (Lipinski definition) is 1. The Morgan fingerprint density at radius 2 is 2.00 bits per heavy atom. The van der Waals surface area contributed by atoms with Gasteiger partial charge in [0.15, 0.2) is 0 Å². The van der Waals surface area contributed by atoms with Crippen LogP contribution in [-0.2, 0) is 16.9 Å². The number of nitrogens with zero attached hydrogens (tertiary/aromatic N) is 4. The molecule has 1 N–H and O–H groups in total. The van der Waals surface area contributed by atoms with Crippen molar-refractivity contribution in [2.75, 3.05) is 5.32 Å². The molecule has 0 radical (unpaired) electrons. The number of benzene rings is 1. The number of rotatable bonds is 4. The van der Waals surface area contributed by atoms with Gasteiger partial charge in [-0.15, -0.1) is 11.3 Å². The Labute approximate surface area is 179 Å². The van der Waals surface area contributed by atoms with Crippen molar-refractivity contribution in [2.45, 2.75) is 32.9 Å². The number of hydrogen-bond acceptors (Lipinski definition) is 5. The molecule has 0 fully saturated rings. The van der Waals surface area contributed by atoms with E-state index in [4.69, 9.17) is 0 Å². The lowest BCUT2D eigenvalue weighted by Crippen LogP contribution is -2.33. The van der Waals surface area contributed by atoms with Crippen LogP contribution in [0.15, 0.2) is 46.7 Å². The maximum absolute atomic E-state index is 13.9. The van der Waals surface area contributed by atoms with Gasteiger partial charge in [-0.3, -0.25) is 14.3 Å². The maximum atomic E-state index is 13.9. The van der Waals surface area contributed by atoms with Gasteiger partial charge in [0.1, 0.15) is 29.4 Å². The first-order chi connectivity index (χ1) is 14.6. The van der Waals surface area contributed by atoms with E-state index in [0.29, 0.717) is 22.7 Å². The molecule has 3 heterocycles. The van der Waals surface area contributed by atoms with Crippen LogP contribution in [0.1, 0.15) is 20.8 Å². The standard InChI is InChI=1S/C21H19F2N5O2S/c1-21(2,3)28-19-13(10-24-28)18(16-5-4-8-31-16)26-27(20(19)30)11-17(29)25-15-7-6-12(22)9-14(15)23/h4-10H,11H2,1-3H3,(H,25,29). The van der Waals surface area contributed by atoms with E-state index < -0.39 is 35.2 Å². The summed E-state index contributed by atoms with van der Waals surface area (Å²) < 4.78 is 29.6. The third kappa shape index (κ3) is 3.98. The zero-order valence-electron chi connectivity index (χ0n) is 17.0. The van der Waals surface area contributed by atoms with Gasteiger partial charge in [-0.2, -0.15) is 10.2 Å². The van der Waals surface area contributed by atoms with Gasteiger partial charge in [-0.25, -0.2) is 13.5 Å². The van der Waals surface area contributed by atoms with Crippen LogP contribution in [0.2, 0.25) is 0 Å². The second kappa shape index (κ2) is 7.69. The van der Waals surface area contributed by atoms with Gasteiger partial charge >= 0.3 is 0 Å². The number of aromatic nitrogens is 4. The SMILES string of the molecule is CC(C)(C)n1ncc2c(-c3cccs3)nn(CC(=O)Nc3ccc(F)cc3F)c(=O)c21. The molecule has 4 rings (SSSR count). The molecule has 10 heteroatoms. The van der Waals surface area contributed by atoms with Gasteiger partial charge < -0.3 is 5.32 Å². The topological polar surface area (TPSA) is 81.8 Å². The first kappa shape index (κ1) is 20.9. The van der Waals surface area contributed by atoms with E-state index in [2.05, 4.69) is 15.5 Å². The fourth-order valence-electron chi connectivity index (χ4n) is 3.20. The van der Waals surface area contributed by atoms with Crippen LogP contribution in [0.25, 0.3) is 21.5 Å². The van der Waals surface area contributed by atoms with Gasteiger partial charge in [-0.1, -0.05) is 6.07 Å². The van der Waals surface area contributed by atoms with E-state index in [0.717, 1.165) is 21.7 Å². The van der Waals surface area contributed by atoms with Crippen LogP contribution in [0.4, 0.5) is 14.5 Å². The lowest BCUT2D eigenvalue weighted by Gasteiger charge is -2.20. The van der Waals surface area contributed by atoms with Crippen LogP contribution in [0.5, 0.6) is 0 Å². The van der Waals surface area contributed by atoms with Gasteiger partial charge in [0, 0.05) is 6.07 Å². The van der Waals surface area contributed by atoms with Crippen LogP contribution in [-0.4, -0.2) is 25.5 Å². The molecule has 31 heavy (non-hydrogen) atoms. The number of carbonyl (C=O) groups excluding carboxylic acids is 1. The zero-order valence-corrected chi connectivity index (χ0v) is 17.8. The molecule has 4 aromatic rings. The quantitative estimate of drug-likeness (QED) is 0.517. The molecule has 1 amide bonds. The highest BCUT2D eigenvalue weighted by molar-refractivity contribution is 7.13. The first-order valence-electron chi connectivity index (χ1n) is 9.43. The molecule has 0 saturated carbocycles. The normalized spacial score (nSPS) is 11.8. The van der Waals surface area contributed by atoms with Crippen molar-refractivity contribution in [1.82, 2.24) is 19.6 Å². The minimum Gasteiger partial charge on any atom is -0.322 e. The molecule has 1 aromatic carbocycles. The molecule has 0 spiro atoms. The Hall–Kier alpha value is -3.40. The third-order valence-corrected chi connectivity index (χ3v) is 5.45.